The number of halogens is 1. The summed E-state index contributed by atoms with van der Waals surface area (Å²) in [6, 6.07) is 8.74. The number of aliphatic hydroxyl groups excluding tert-OH is 2. The van der Waals surface area contributed by atoms with Crippen molar-refractivity contribution in [3.8, 4) is 5.75 Å². The Morgan fingerprint density at radius 3 is 2.83 bits per heavy atom. The number of benzene rings is 1. The maximum atomic E-state index is 14.0. The molecule has 9 nitrogen and oxygen atoms in total. The number of fused-ring (bicyclic) bond motifs is 3. The number of pyridine rings is 1. The summed E-state index contributed by atoms with van der Waals surface area (Å²) in [6.07, 6.45) is 12.3. The summed E-state index contributed by atoms with van der Waals surface area (Å²) in [4.78, 5) is 16.1. The van der Waals surface area contributed by atoms with E-state index in [1.165, 1.54) is 6.07 Å². The number of hydrogen-bond donors (Lipinski definition) is 4. The molecule has 0 bridgehead atoms. The predicted molar refractivity (Wildman–Crippen MR) is 158 cm³/mol. The van der Waals surface area contributed by atoms with Crippen molar-refractivity contribution in [2.45, 2.75) is 63.2 Å². The van der Waals surface area contributed by atoms with Crippen molar-refractivity contribution < 1.29 is 19.3 Å². The maximum Gasteiger partial charge on any atom is 0.195 e. The zero-order valence-corrected chi connectivity index (χ0v) is 23.3. The van der Waals surface area contributed by atoms with Gasteiger partial charge in [-0.25, -0.2) is 9.38 Å². The van der Waals surface area contributed by atoms with Crippen LogP contribution in [0.15, 0.2) is 82.3 Å². The second kappa shape index (κ2) is 11.5. The van der Waals surface area contributed by atoms with E-state index in [-0.39, 0.29) is 23.9 Å². The van der Waals surface area contributed by atoms with Crippen LogP contribution < -0.4 is 15.4 Å². The molecule has 1 aromatic heterocycles. The van der Waals surface area contributed by atoms with Crippen molar-refractivity contribution >= 4 is 17.2 Å². The molecular formula is C32H35FN6O3. The number of allylic oxidation sites excluding steroid dienone is 4. The SMILES string of the molecule is OC1CCN(Cc2cncc(C3=CCC4C(=C3)C([C@@H](O)NC3=CN=C(Oc5ccccc5F)CC3)=NC3NC34)c2)CC1. The number of aliphatic imine (C=N–C) groups is 2. The Bertz CT molecular complexity index is 1510. The molecule has 4 N–H and O–H groups in total. The van der Waals surface area contributed by atoms with E-state index >= 15 is 0 Å². The molecule has 10 heteroatoms. The number of aliphatic hydroxyl groups is 2. The highest BCUT2D eigenvalue weighted by atomic mass is 19.1. The molecule has 1 aliphatic carbocycles. The molecule has 42 heavy (non-hydrogen) atoms. The van der Waals surface area contributed by atoms with E-state index in [0.717, 1.165) is 66.9 Å². The van der Waals surface area contributed by atoms with Gasteiger partial charge in [0.2, 0.25) is 0 Å². The Balaban J connectivity index is 1.05. The molecule has 0 spiro atoms. The van der Waals surface area contributed by atoms with E-state index < -0.39 is 12.0 Å². The number of para-hydroxylation sites is 1. The Morgan fingerprint density at radius 2 is 2.02 bits per heavy atom. The average molecular weight is 571 g/mol. The zero-order chi connectivity index (χ0) is 28.6. The Hall–Kier alpha value is -3.70. The standard InChI is InChI=1S/C32H35FN6O3/c33-26-3-1-2-4-27(26)42-28-8-6-22(17-35-28)36-32(41)30-25-14-20(5-7-24(25)29-31(37-29)38-30)21-13-19(15-34-16-21)18-39-11-9-23(40)10-12-39/h1-5,13-17,23-24,29,31-32,36-37,40-41H,6-12,18H2/t24?,29?,31?,32-/m1/s1. The normalized spacial score (nSPS) is 26.5. The monoisotopic (exact) mass is 570 g/mol. The fraction of sp³-hybridized carbons (Fsp3) is 0.406. The van der Waals surface area contributed by atoms with E-state index in [9.17, 15) is 14.6 Å². The Kier molecular flexibility index (Phi) is 7.45. The minimum atomic E-state index is -0.990. The molecule has 218 valence electrons. The van der Waals surface area contributed by atoms with Gasteiger partial charge in [-0.1, -0.05) is 18.2 Å². The summed E-state index contributed by atoms with van der Waals surface area (Å²) in [7, 11) is 0. The lowest BCUT2D eigenvalue weighted by Crippen LogP contribution is -2.42. The first-order valence-corrected chi connectivity index (χ1v) is 14.7. The van der Waals surface area contributed by atoms with Crippen LogP contribution in [0.4, 0.5) is 4.39 Å². The molecular weight excluding hydrogens is 535 g/mol. The number of rotatable bonds is 7. The van der Waals surface area contributed by atoms with Crippen LogP contribution in [-0.4, -0.2) is 69.3 Å². The summed E-state index contributed by atoms with van der Waals surface area (Å²) >= 11 is 0. The van der Waals surface area contributed by atoms with Crippen LogP contribution in [0.1, 0.15) is 43.2 Å². The van der Waals surface area contributed by atoms with Gasteiger partial charge in [0.1, 0.15) is 6.17 Å². The van der Waals surface area contributed by atoms with E-state index in [1.54, 1.807) is 24.4 Å². The molecule has 1 aromatic carbocycles. The Morgan fingerprint density at radius 1 is 1.17 bits per heavy atom. The van der Waals surface area contributed by atoms with Crippen LogP contribution in [0.25, 0.3) is 5.57 Å². The molecule has 3 unspecified atom stereocenters. The van der Waals surface area contributed by atoms with Crippen molar-refractivity contribution in [3.63, 3.8) is 0 Å². The summed E-state index contributed by atoms with van der Waals surface area (Å²) in [6.45, 7) is 2.59. The number of nitrogens with one attached hydrogen (secondary N) is 2. The number of piperidine rings is 1. The third-order valence-corrected chi connectivity index (χ3v) is 8.61. The maximum absolute atomic E-state index is 14.0. The highest BCUT2D eigenvalue weighted by molar-refractivity contribution is 6.07. The lowest BCUT2D eigenvalue weighted by atomic mass is 9.79. The zero-order valence-electron chi connectivity index (χ0n) is 23.3. The van der Waals surface area contributed by atoms with E-state index in [0.29, 0.717) is 30.5 Å². The van der Waals surface area contributed by atoms with Gasteiger partial charge < -0.3 is 20.3 Å². The lowest BCUT2D eigenvalue weighted by Gasteiger charge is -2.31. The van der Waals surface area contributed by atoms with Crippen LogP contribution in [0.5, 0.6) is 5.75 Å². The molecule has 7 rings (SSSR count). The minimum Gasteiger partial charge on any atom is -0.440 e. The number of likely N-dealkylation sites (tertiary alicyclic amines) is 1. The lowest BCUT2D eigenvalue weighted by molar-refractivity contribution is 0.0792. The number of aromatic nitrogens is 1. The van der Waals surface area contributed by atoms with Crippen LogP contribution >= 0.6 is 0 Å². The van der Waals surface area contributed by atoms with Crippen LogP contribution in [0.3, 0.4) is 0 Å². The Labute approximate surface area is 244 Å². The molecule has 0 saturated carbocycles. The first-order valence-electron chi connectivity index (χ1n) is 14.7. The smallest absolute Gasteiger partial charge is 0.195 e. The topological polar surface area (TPSA) is 125 Å². The van der Waals surface area contributed by atoms with E-state index in [2.05, 4.69) is 43.7 Å². The molecule has 2 fully saturated rings. The van der Waals surface area contributed by atoms with Gasteiger partial charge >= 0.3 is 0 Å². The van der Waals surface area contributed by atoms with Gasteiger partial charge in [0.05, 0.1) is 17.9 Å². The van der Waals surface area contributed by atoms with Gasteiger partial charge in [-0.05, 0) is 66.7 Å². The molecule has 5 aliphatic rings. The van der Waals surface area contributed by atoms with Gasteiger partial charge in [-0.3, -0.25) is 20.2 Å². The number of hydrogen-bond acceptors (Lipinski definition) is 9. The molecule has 2 saturated heterocycles. The molecule has 5 heterocycles. The van der Waals surface area contributed by atoms with Crippen molar-refractivity contribution in [1.29, 1.82) is 0 Å². The molecule has 0 amide bonds. The summed E-state index contributed by atoms with van der Waals surface area (Å²) in [5.41, 5.74) is 5.73. The third kappa shape index (κ3) is 5.80. The second-order valence-corrected chi connectivity index (χ2v) is 11.6. The van der Waals surface area contributed by atoms with Gasteiger partial charge in [0.15, 0.2) is 23.7 Å². The van der Waals surface area contributed by atoms with Crippen LogP contribution in [0.2, 0.25) is 0 Å². The van der Waals surface area contributed by atoms with Crippen LogP contribution in [0, 0.1) is 11.7 Å². The number of nitrogens with zero attached hydrogens (tertiary/aromatic N) is 4. The van der Waals surface area contributed by atoms with Gasteiger partial charge in [0.25, 0.3) is 0 Å². The van der Waals surface area contributed by atoms with Crippen LogP contribution in [-0.2, 0) is 6.54 Å². The summed E-state index contributed by atoms with van der Waals surface area (Å²) in [5.74, 6) is 0.395. The van der Waals surface area contributed by atoms with Gasteiger partial charge in [-0.2, -0.15) is 0 Å². The van der Waals surface area contributed by atoms with Crippen molar-refractivity contribution in [2.24, 2.45) is 15.9 Å². The molecule has 0 radical (unpaired) electrons. The van der Waals surface area contributed by atoms with Gasteiger partial charge in [0, 0.05) is 61.8 Å². The average Bonchev–Trinajstić information content (AvgIpc) is 3.80. The third-order valence-electron chi connectivity index (χ3n) is 8.61. The van der Waals surface area contributed by atoms with Crippen molar-refractivity contribution in [2.75, 3.05) is 13.1 Å². The summed E-state index contributed by atoms with van der Waals surface area (Å²) < 4.78 is 19.6. The first kappa shape index (κ1) is 27.2. The van der Waals surface area contributed by atoms with Crippen molar-refractivity contribution in [1.82, 2.24) is 20.5 Å². The molecule has 4 aliphatic heterocycles. The minimum absolute atomic E-state index is 0.0285. The fourth-order valence-corrected chi connectivity index (χ4v) is 6.24. The van der Waals surface area contributed by atoms with E-state index in [1.807, 2.05) is 12.4 Å². The molecule has 2 aromatic rings. The first-order chi connectivity index (χ1) is 20.5. The van der Waals surface area contributed by atoms with Crippen molar-refractivity contribution in [3.05, 3.63) is 89.3 Å². The molecule has 4 atom stereocenters. The highest BCUT2D eigenvalue weighted by Crippen LogP contribution is 2.41. The second-order valence-electron chi connectivity index (χ2n) is 11.6. The van der Waals surface area contributed by atoms with Gasteiger partial charge in [-0.15, -0.1) is 0 Å². The summed E-state index contributed by atoms with van der Waals surface area (Å²) in [5, 5.41) is 27.8. The quantitative estimate of drug-likeness (QED) is 0.298. The van der Waals surface area contributed by atoms with E-state index in [4.69, 9.17) is 9.73 Å². The number of ether oxygens (including phenoxy) is 1. The fourth-order valence-electron chi connectivity index (χ4n) is 6.24. The largest absolute Gasteiger partial charge is 0.440 e. The predicted octanol–water partition coefficient (Wildman–Crippen LogP) is 3.28. The highest BCUT2D eigenvalue weighted by Gasteiger charge is 2.49.